The highest BCUT2D eigenvalue weighted by Crippen LogP contribution is 2.24. The number of ether oxygens (including phenoxy) is 1. The van der Waals surface area contributed by atoms with Crippen LogP contribution in [0.1, 0.15) is 30.9 Å². The number of amides is 1. The smallest absolute Gasteiger partial charge is 0.262 e. The van der Waals surface area contributed by atoms with E-state index in [-0.39, 0.29) is 12.5 Å². The van der Waals surface area contributed by atoms with Crippen LogP contribution in [-0.4, -0.2) is 17.5 Å². The Balaban J connectivity index is 1.58. The lowest BCUT2D eigenvalue weighted by atomic mass is 10.0. The first-order valence-electron chi connectivity index (χ1n) is 8.55. The van der Waals surface area contributed by atoms with Gasteiger partial charge in [-0.1, -0.05) is 26.0 Å². The number of nitrogens with zero attached hydrogens (tertiary/aromatic N) is 1. The molecule has 0 radical (unpaired) electrons. The minimum atomic E-state index is -0.202. The van der Waals surface area contributed by atoms with E-state index in [0.717, 1.165) is 16.9 Å². The van der Waals surface area contributed by atoms with Gasteiger partial charge in [-0.2, -0.15) is 0 Å². The van der Waals surface area contributed by atoms with Crippen molar-refractivity contribution < 1.29 is 13.9 Å². The second-order valence-corrected chi connectivity index (χ2v) is 6.46. The van der Waals surface area contributed by atoms with Gasteiger partial charge in [0, 0.05) is 11.3 Å². The molecule has 0 aliphatic rings. The molecule has 26 heavy (non-hydrogen) atoms. The first-order chi connectivity index (χ1) is 12.5. The Bertz CT molecular complexity index is 869. The van der Waals surface area contributed by atoms with Crippen LogP contribution in [-0.2, 0) is 4.79 Å². The van der Waals surface area contributed by atoms with Crippen molar-refractivity contribution in [2.75, 3.05) is 11.9 Å². The van der Waals surface area contributed by atoms with Crippen molar-refractivity contribution in [3.05, 3.63) is 66.2 Å². The largest absolute Gasteiger partial charge is 0.483 e. The maximum atomic E-state index is 12.2. The third-order valence-electron chi connectivity index (χ3n) is 4.12. The van der Waals surface area contributed by atoms with E-state index in [1.54, 1.807) is 6.20 Å². The number of carbonyl (C=O) groups excluding carboxylic acids is 1. The molecule has 3 aromatic rings. The Labute approximate surface area is 153 Å². The lowest BCUT2D eigenvalue weighted by Crippen LogP contribution is -2.20. The third kappa shape index (κ3) is 4.30. The molecule has 0 saturated carbocycles. The van der Waals surface area contributed by atoms with E-state index in [2.05, 4.69) is 30.2 Å². The molecule has 0 spiro atoms. The van der Waals surface area contributed by atoms with Gasteiger partial charge in [0.15, 0.2) is 18.8 Å². The number of rotatable bonds is 6. The zero-order chi connectivity index (χ0) is 18.5. The Morgan fingerprint density at radius 3 is 2.62 bits per heavy atom. The van der Waals surface area contributed by atoms with E-state index in [4.69, 9.17) is 9.15 Å². The summed E-state index contributed by atoms with van der Waals surface area (Å²) in [5.74, 6) is 1.64. The van der Waals surface area contributed by atoms with Gasteiger partial charge in [0.2, 0.25) is 0 Å². The fraction of sp³-hybridized carbons (Fsp3) is 0.238. The molecular formula is C21H22N2O3. The zero-order valence-electron chi connectivity index (χ0n) is 15.2. The molecule has 1 heterocycles. The van der Waals surface area contributed by atoms with E-state index in [9.17, 15) is 4.79 Å². The number of benzene rings is 2. The number of carbonyl (C=O) groups is 1. The number of anilines is 1. The topological polar surface area (TPSA) is 64.4 Å². The lowest BCUT2D eigenvalue weighted by Gasteiger charge is -2.13. The summed E-state index contributed by atoms with van der Waals surface area (Å²) >= 11 is 0. The average molecular weight is 350 g/mol. The van der Waals surface area contributed by atoms with E-state index in [1.807, 2.05) is 43.3 Å². The SMILES string of the molecule is Cc1ccc(C(C)C)cc1OCC(=O)Nc1ccc(-c2cnco2)cc1. The van der Waals surface area contributed by atoms with Gasteiger partial charge < -0.3 is 14.5 Å². The second kappa shape index (κ2) is 7.87. The minimum Gasteiger partial charge on any atom is -0.483 e. The average Bonchev–Trinajstić information content (AvgIpc) is 3.16. The fourth-order valence-electron chi connectivity index (χ4n) is 2.55. The number of hydrogen-bond acceptors (Lipinski definition) is 4. The minimum absolute atomic E-state index is 0.0355. The van der Waals surface area contributed by atoms with Crippen molar-refractivity contribution in [1.29, 1.82) is 0 Å². The summed E-state index contributed by atoms with van der Waals surface area (Å²) in [6, 6.07) is 13.5. The maximum Gasteiger partial charge on any atom is 0.262 e. The van der Waals surface area contributed by atoms with Crippen LogP contribution in [0.4, 0.5) is 5.69 Å². The monoisotopic (exact) mass is 350 g/mol. The summed E-state index contributed by atoms with van der Waals surface area (Å²) in [5, 5.41) is 2.83. The van der Waals surface area contributed by atoms with Crippen LogP contribution in [0.25, 0.3) is 11.3 Å². The first-order valence-corrected chi connectivity index (χ1v) is 8.55. The molecule has 0 bridgehead atoms. The van der Waals surface area contributed by atoms with E-state index < -0.39 is 0 Å². The molecule has 1 N–H and O–H groups in total. The summed E-state index contributed by atoms with van der Waals surface area (Å²) in [4.78, 5) is 16.1. The van der Waals surface area contributed by atoms with Crippen molar-refractivity contribution in [2.24, 2.45) is 0 Å². The van der Waals surface area contributed by atoms with Gasteiger partial charge in [0.1, 0.15) is 5.75 Å². The van der Waals surface area contributed by atoms with Gasteiger partial charge in [0.05, 0.1) is 6.20 Å². The van der Waals surface area contributed by atoms with Crippen LogP contribution in [0.15, 0.2) is 59.5 Å². The molecule has 0 aliphatic carbocycles. The predicted molar refractivity (Wildman–Crippen MR) is 101 cm³/mol. The van der Waals surface area contributed by atoms with Gasteiger partial charge >= 0.3 is 0 Å². The van der Waals surface area contributed by atoms with Gasteiger partial charge in [-0.05, 0) is 54.3 Å². The molecular weight excluding hydrogens is 328 g/mol. The van der Waals surface area contributed by atoms with Crippen LogP contribution in [0, 0.1) is 6.92 Å². The number of hydrogen-bond donors (Lipinski definition) is 1. The zero-order valence-corrected chi connectivity index (χ0v) is 15.2. The van der Waals surface area contributed by atoms with E-state index in [1.165, 1.54) is 12.0 Å². The summed E-state index contributed by atoms with van der Waals surface area (Å²) in [5.41, 5.74) is 3.81. The lowest BCUT2D eigenvalue weighted by molar-refractivity contribution is -0.118. The van der Waals surface area contributed by atoms with Gasteiger partial charge in [0.25, 0.3) is 5.91 Å². The second-order valence-electron chi connectivity index (χ2n) is 6.46. The molecule has 2 aromatic carbocycles. The number of aryl methyl sites for hydroxylation is 1. The molecule has 3 rings (SSSR count). The summed E-state index contributed by atoms with van der Waals surface area (Å²) < 4.78 is 11.0. The van der Waals surface area contributed by atoms with Crippen LogP contribution >= 0.6 is 0 Å². The Morgan fingerprint density at radius 2 is 1.96 bits per heavy atom. The molecule has 1 amide bonds. The molecule has 0 unspecified atom stereocenters. The molecule has 0 aliphatic heterocycles. The third-order valence-corrected chi connectivity index (χ3v) is 4.12. The van der Waals surface area contributed by atoms with Crippen molar-refractivity contribution in [3.8, 4) is 17.1 Å². The van der Waals surface area contributed by atoms with Gasteiger partial charge in [-0.25, -0.2) is 4.98 Å². The summed E-state index contributed by atoms with van der Waals surface area (Å²) in [6.07, 6.45) is 3.04. The quantitative estimate of drug-likeness (QED) is 0.694. The predicted octanol–water partition coefficient (Wildman–Crippen LogP) is 4.79. The van der Waals surface area contributed by atoms with Crippen LogP contribution in [0.2, 0.25) is 0 Å². The molecule has 5 nitrogen and oxygen atoms in total. The van der Waals surface area contributed by atoms with Gasteiger partial charge in [-0.15, -0.1) is 0 Å². The highest BCUT2D eigenvalue weighted by atomic mass is 16.5. The molecule has 0 atom stereocenters. The Kier molecular flexibility index (Phi) is 5.37. The molecule has 0 saturated heterocycles. The van der Waals surface area contributed by atoms with Crippen LogP contribution in [0.5, 0.6) is 5.75 Å². The molecule has 134 valence electrons. The molecule has 0 fully saturated rings. The number of nitrogens with one attached hydrogen (secondary N) is 1. The standard InChI is InChI=1S/C21H22N2O3/c1-14(2)17-5-4-15(3)19(10-17)25-12-21(24)23-18-8-6-16(7-9-18)20-11-22-13-26-20/h4-11,13-14H,12H2,1-3H3,(H,23,24). The number of aromatic nitrogens is 1. The van der Waals surface area contributed by atoms with Crippen molar-refractivity contribution >= 4 is 11.6 Å². The highest BCUT2D eigenvalue weighted by Gasteiger charge is 2.09. The van der Waals surface area contributed by atoms with Gasteiger partial charge in [-0.3, -0.25) is 4.79 Å². The Morgan fingerprint density at radius 1 is 1.19 bits per heavy atom. The fourth-order valence-corrected chi connectivity index (χ4v) is 2.55. The van der Waals surface area contributed by atoms with Crippen LogP contribution in [0.3, 0.4) is 0 Å². The highest BCUT2D eigenvalue weighted by molar-refractivity contribution is 5.92. The number of oxazole rings is 1. The van der Waals surface area contributed by atoms with E-state index >= 15 is 0 Å². The van der Waals surface area contributed by atoms with Crippen molar-refractivity contribution in [1.82, 2.24) is 4.98 Å². The molecule has 5 heteroatoms. The van der Waals surface area contributed by atoms with Crippen LogP contribution < -0.4 is 10.1 Å². The summed E-state index contributed by atoms with van der Waals surface area (Å²) in [6.45, 7) is 6.19. The molecule has 1 aromatic heterocycles. The maximum absolute atomic E-state index is 12.2. The normalized spacial score (nSPS) is 10.8. The van der Waals surface area contributed by atoms with Crippen molar-refractivity contribution in [2.45, 2.75) is 26.7 Å². The summed E-state index contributed by atoms with van der Waals surface area (Å²) in [7, 11) is 0. The van der Waals surface area contributed by atoms with E-state index in [0.29, 0.717) is 17.4 Å². The Hall–Kier alpha value is -3.08. The van der Waals surface area contributed by atoms with Crippen molar-refractivity contribution in [3.63, 3.8) is 0 Å². The first kappa shape index (κ1) is 17.7.